The molecule has 0 unspecified atom stereocenters. The first-order valence-electron chi connectivity index (χ1n) is 8.34. The Morgan fingerprint density at radius 1 is 1.31 bits per heavy atom. The number of benzene rings is 2. The van der Waals surface area contributed by atoms with Gasteiger partial charge in [-0.2, -0.15) is 5.26 Å². The van der Waals surface area contributed by atoms with Crippen molar-refractivity contribution >= 4 is 51.2 Å². The Labute approximate surface area is 180 Å². The lowest BCUT2D eigenvalue weighted by Gasteiger charge is -2.13. The third kappa shape index (κ3) is 6.24. The lowest BCUT2D eigenvalue weighted by molar-refractivity contribution is -0.139. The minimum absolute atomic E-state index is 0.154. The third-order valence-corrected chi connectivity index (χ3v) is 4.39. The maximum Gasteiger partial charge on any atom is 0.341 e. The first-order valence-corrected chi connectivity index (χ1v) is 9.51. The maximum absolute atomic E-state index is 12.4. The van der Waals surface area contributed by atoms with Gasteiger partial charge in [-0.1, -0.05) is 23.7 Å². The maximum atomic E-state index is 12.4. The molecule has 1 amide bonds. The molecule has 0 aromatic heterocycles. The van der Waals surface area contributed by atoms with Crippen molar-refractivity contribution in [1.82, 2.24) is 0 Å². The van der Waals surface area contributed by atoms with E-state index in [2.05, 4.69) is 21.2 Å². The van der Waals surface area contributed by atoms with Crippen LogP contribution in [0.5, 0.6) is 11.5 Å². The van der Waals surface area contributed by atoms with Gasteiger partial charge in [0.25, 0.3) is 5.91 Å². The van der Waals surface area contributed by atoms with Gasteiger partial charge in [0.15, 0.2) is 18.1 Å². The van der Waals surface area contributed by atoms with Gasteiger partial charge in [-0.05, 0) is 58.8 Å². The number of nitrogens with one attached hydrogen (secondary N) is 1. The summed E-state index contributed by atoms with van der Waals surface area (Å²) in [4.78, 5) is 23.2. The standard InChI is InChI=1S/C20H16BrClN2O5/c1-2-28-17-9-12(8-14(21)19(17)29-11-18(25)26)7-13(10-23)20(27)24-16-6-4-3-5-15(16)22/h3-9H,2,11H2,1H3,(H,24,27)(H,25,26)/b13-7+. The van der Waals surface area contributed by atoms with Gasteiger partial charge < -0.3 is 19.9 Å². The van der Waals surface area contributed by atoms with Gasteiger partial charge in [0.05, 0.1) is 21.8 Å². The highest BCUT2D eigenvalue weighted by molar-refractivity contribution is 9.10. The Hall–Kier alpha value is -3.02. The second-order valence-electron chi connectivity index (χ2n) is 5.55. The quantitative estimate of drug-likeness (QED) is 0.426. The molecule has 7 nitrogen and oxygen atoms in total. The molecule has 2 aromatic rings. The minimum Gasteiger partial charge on any atom is -0.490 e. The van der Waals surface area contributed by atoms with Crippen molar-refractivity contribution < 1.29 is 24.2 Å². The smallest absolute Gasteiger partial charge is 0.341 e. The molecule has 0 saturated carbocycles. The van der Waals surface area contributed by atoms with Crippen LogP contribution in [0.3, 0.4) is 0 Å². The van der Waals surface area contributed by atoms with Crippen LogP contribution in [-0.4, -0.2) is 30.2 Å². The van der Waals surface area contributed by atoms with Crippen LogP contribution in [0.2, 0.25) is 5.02 Å². The van der Waals surface area contributed by atoms with Crippen LogP contribution < -0.4 is 14.8 Å². The summed E-state index contributed by atoms with van der Waals surface area (Å²) < 4.78 is 11.2. The van der Waals surface area contributed by atoms with Gasteiger partial charge in [-0.3, -0.25) is 4.79 Å². The molecular formula is C20H16BrClN2O5. The molecule has 9 heteroatoms. The van der Waals surface area contributed by atoms with Gasteiger partial charge in [0.1, 0.15) is 11.6 Å². The molecule has 0 fully saturated rings. The number of hydrogen-bond donors (Lipinski definition) is 2. The second kappa shape index (κ2) is 10.5. The Balaban J connectivity index is 2.34. The number of ether oxygens (including phenoxy) is 2. The van der Waals surface area contributed by atoms with Crippen LogP contribution in [0.25, 0.3) is 6.08 Å². The van der Waals surface area contributed by atoms with Crippen LogP contribution in [0.1, 0.15) is 12.5 Å². The number of nitriles is 1. The van der Waals surface area contributed by atoms with Crippen LogP contribution in [0.4, 0.5) is 5.69 Å². The first kappa shape index (κ1) is 22.3. The molecule has 0 atom stereocenters. The summed E-state index contributed by atoms with van der Waals surface area (Å²) in [5.74, 6) is -1.27. The second-order valence-corrected chi connectivity index (χ2v) is 6.81. The summed E-state index contributed by atoms with van der Waals surface area (Å²) >= 11 is 9.33. The minimum atomic E-state index is -1.13. The fraction of sp³-hybridized carbons (Fsp3) is 0.150. The number of para-hydroxylation sites is 1. The van der Waals surface area contributed by atoms with E-state index in [1.54, 1.807) is 43.3 Å². The number of halogens is 2. The van der Waals surface area contributed by atoms with E-state index in [4.69, 9.17) is 26.2 Å². The summed E-state index contributed by atoms with van der Waals surface area (Å²) in [6.07, 6.45) is 1.38. The van der Waals surface area contributed by atoms with E-state index >= 15 is 0 Å². The molecule has 150 valence electrons. The van der Waals surface area contributed by atoms with Crippen molar-refractivity contribution in [3.63, 3.8) is 0 Å². The van der Waals surface area contributed by atoms with Crippen molar-refractivity contribution in [2.75, 3.05) is 18.5 Å². The number of nitrogens with zero attached hydrogens (tertiary/aromatic N) is 1. The van der Waals surface area contributed by atoms with Gasteiger partial charge in [0, 0.05) is 0 Å². The van der Waals surface area contributed by atoms with E-state index in [9.17, 15) is 14.9 Å². The molecule has 0 radical (unpaired) electrons. The summed E-state index contributed by atoms with van der Waals surface area (Å²) in [5, 5.41) is 21.1. The number of hydrogen-bond acceptors (Lipinski definition) is 5. The average Bonchev–Trinajstić information content (AvgIpc) is 2.67. The van der Waals surface area contributed by atoms with Gasteiger partial charge in [0.2, 0.25) is 0 Å². The van der Waals surface area contributed by atoms with E-state index < -0.39 is 18.5 Å². The molecule has 0 aliphatic rings. The number of aliphatic carboxylic acids is 1. The normalized spacial score (nSPS) is 10.8. The summed E-state index contributed by atoms with van der Waals surface area (Å²) in [5.41, 5.74) is 0.709. The number of carbonyl (C=O) groups is 2. The highest BCUT2D eigenvalue weighted by atomic mass is 79.9. The van der Waals surface area contributed by atoms with Crippen LogP contribution in [0.15, 0.2) is 46.4 Å². The molecule has 0 bridgehead atoms. The monoisotopic (exact) mass is 478 g/mol. The lowest BCUT2D eigenvalue weighted by Crippen LogP contribution is -2.13. The van der Waals surface area contributed by atoms with Crippen molar-refractivity contribution in [2.45, 2.75) is 6.92 Å². The van der Waals surface area contributed by atoms with Crippen molar-refractivity contribution in [3.05, 3.63) is 57.0 Å². The zero-order valence-electron chi connectivity index (χ0n) is 15.2. The predicted octanol–water partition coefficient (Wildman–Crippen LogP) is 4.51. The van der Waals surface area contributed by atoms with Gasteiger partial charge in [-0.25, -0.2) is 4.79 Å². The van der Waals surface area contributed by atoms with E-state index in [-0.39, 0.29) is 17.1 Å². The highest BCUT2D eigenvalue weighted by Crippen LogP contribution is 2.37. The Kier molecular flexibility index (Phi) is 8.07. The van der Waals surface area contributed by atoms with Crippen molar-refractivity contribution in [2.24, 2.45) is 0 Å². The number of anilines is 1. The Morgan fingerprint density at radius 2 is 2.03 bits per heavy atom. The average molecular weight is 480 g/mol. The number of carboxylic acids is 1. The first-order chi connectivity index (χ1) is 13.8. The Bertz CT molecular complexity index is 1000. The molecular weight excluding hydrogens is 464 g/mol. The van der Waals surface area contributed by atoms with Gasteiger partial charge in [-0.15, -0.1) is 0 Å². The molecule has 2 aromatic carbocycles. The van der Waals surface area contributed by atoms with Crippen molar-refractivity contribution in [1.29, 1.82) is 5.26 Å². The number of rotatable bonds is 8. The largest absolute Gasteiger partial charge is 0.490 e. The van der Waals surface area contributed by atoms with E-state index in [0.717, 1.165) is 0 Å². The fourth-order valence-electron chi connectivity index (χ4n) is 2.28. The molecule has 0 spiro atoms. The molecule has 0 aliphatic heterocycles. The molecule has 0 saturated heterocycles. The van der Waals surface area contributed by atoms with Crippen LogP contribution in [-0.2, 0) is 9.59 Å². The van der Waals surface area contributed by atoms with Crippen molar-refractivity contribution in [3.8, 4) is 17.6 Å². The molecule has 2 rings (SSSR count). The summed E-state index contributed by atoms with van der Waals surface area (Å²) in [6.45, 7) is 1.52. The molecule has 2 N–H and O–H groups in total. The molecule has 0 heterocycles. The molecule has 29 heavy (non-hydrogen) atoms. The topological polar surface area (TPSA) is 109 Å². The summed E-state index contributed by atoms with van der Waals surface area (Å²) in [7, 11) is 0. The van der Waals surface area contributed by atoms with E-state index in [1.807, 2.05) is 6.07 Å². The van der Waals surface area contributed by atoms with Crippen LogP contribution in [0, 0.1) is 11.3 Å². The highest BCUT2D eigenvalue weighted by Gasteiger charge is 2.16. The Morgan fingerprint density at radius 3 is 2.66 bits per heavy atom. The summed E-state index contributed by atoms with van der Waals surface area (Å²) in [6, 6.07) is 11.7. The molecule has 0 aliphatic carbocycles. The third-order valence-electron chi connectivity index (χ3n) is 3.47. The fourth-order valence-corrected chi connectivity index (χ4v) is 3.03. The van der Waals surface area contributed by atoms with Gasteiger partial charge >= 0.3 is 5.97 Å². The zero-order chi connectivity index (χ0) is 21.4. The lowest BCUT2D eigenvalue weighted by atomic mass is 10.1. The SMILES string of the molecule is CCOc1cc(/C=C(\C#N)C(=O)Nc2ccccc2Cl)cc(Br)c1OCC(=O)O. The zero-order valence-corrected chi connectivity index (χ0v) is 17.6. The predicted molar refractivity (Wildman–Crippen MR) is 112 cm³/mol. The number of amides is 1. The number of carbonyl (C=O) groups excluding carboxylic acids is 1. The van der Waals surface area contributed by atoms with Crippen LogP contribution >= 0.6 is 27.5 Å². The number of carboxylic acid groups (broad SMARTS) is 1. The van der Waals surface area contributed by atoms with E-state index in [1.165, 1.54) is 6.08 Å². The van der Waals surface area contributed by atoms with E-state index in [0.29, 0.717) is 27.4 Å².